The number of nitrogens with zero attached hydrogens (tertiary/aromatic N) is 2. The van der Waals surface area contributed by atoms with Gasteiger partial charge in [-0.15, -0.1) is 16.4 Å². The average Bonchev–Trinajstić information content (AvgIpc) is 2.96. The van der Waals surface area contributed by atoms with Crippen molar-refractivity contribution in [1.29, 1.82) is 0 Å². The smallest absolute Gasteiger partial charge is 0.338 e. The molecule has 2 aromatic rings. The molecule has 2 rings (SSSR count). The molecular weight excluding hydrogens is 286 g/mol. The summed E-state index contributed by atoms with van der Waals surface area (Å²) < 4.78 is 3.77. The Labute approximate surface area is 117 Å². The molecule has 0 aliphatic carbocycles. The van der Waals surface area contributed by atoms with Crippen molar-refractivity contribution in [2.75, 3.05) is 5.32 Å². The lowest BCUT2D eigenvalue weighted by molar-refractivity contribution is 0.0698. The van der Waals surface area contributed by atoms with Crippen LogP contribution in [-0.4, -0.2) is 26.6 Å². The van der Waals surface area contributed by atoms with E-state index in [9.17, 15) is 9.59 Å². The minimum Gasteiger partial charge on any atom is -0.478 e. The maximum Gasteiger partial charge on any atom is 0.338 e. The quantitative estimate of drug-likeness (QED) is 0.905. The average molecular weight is 297 g/mol. The summed E-state index contributed by atoms with van der Waals surface area (Å²) in [4.78, 5) is 23.5. The number of carbonyl (C=O) groups excluding carboxylic acids is 1. The Kier molecular flexibility index (Phi) is 3.91. The van der Waals surface area contributed by atoms with Gasteiger partial charge in [-0.1, -0.05) is 18.3 Å². The third-order valence-corrected chi connectivity index (χ3v) is 3.96. The van der Waals surface area contributed by atoms with E-state index in [0.29, 0.717) is 15.6 Å². The molecule has 19 heavy (non-hydrogen) atoms. The van der Waals surface area contributed by atoms with Crippen molar-refractivity contribution >= 4 is 39.7 Å². The van der Waals surface area contributed by atoms with Gasteiger partial charge in [0.1, 0.15) is 9.88 Å². The highest BCUT2D eigenvalue weighted by Crippen LogP contribution is 2.26. The fourth-order valence-electron chi connectivity index (χ4n) is 1.47. The number of anilines is 1. The van der Waals surface area contributed by atoms with Crippen molar-refractivity contribution in [3.8, 4) is 0 Å². The summed E-state index contributed by atoms with van der Waals surface area (Å²) in [5, 5.41) is 17.4. The molecular formula is C11H11N3O3S2. The highest BCUT2D eigenvalue weighted by atomic mass is 32.1. The molecule has 1 amide bonds. The predicted octanol–water partition coefficient (Wildman–Crippen LogP) is 2.67. The van der Waals surface area contributed by atoms with Crippen LogP contribution >= 0.6 is 22.9 Å². The molecule has 2 heterocycles. The highest BCUT2D eigenvalue weighted by Gasteiger charge is 2.21. The van der Waals surface area contributed by atoms with Crippen molar-refractivity contribution in [2.24, 2.45) is 0 Å². The molecule has 0 atom stereocenters. The largest absolute Gasteiger partial charge is 0.478 e. The first-order valence-electron chi connectivity index (χ1n) is 5.45. The number of hydrogen-bond acceptors (Lipinski definition) is 6. The van der Waals surface area contributed by atoms with Crippen LogP contribution in [0, 0.1) is 0 Å². The summed E-state index contributed by atoms with van der Waals surface area (Å²) in [6.07, 6.45) is 0. The molecule has 100 valence electrons. The summed E-state index contributed by atoms with van der Waals surface area (Å²) in [6.45, 7) is 3.84. The Hall–Kier alpha value is -1.80. The molecule has 6 nitrogen and oxygen atoms in total. The maximum atomic E-state index is 12.1. The van der Waals surface area contributed by atoms with Crippen molar-refractivity contribution in [3.63, 3.8) is 0 Å². The Morgan fingerprint density at radius 3 is 2.79 bits per heavy atom. The van der Waals surface area contributed by atoms with E-state index in [2.05, 4.69) is 14.9 Å². The number of hydrogen-bond donors (Lipinski definition) is 2. The van der Waals surface area contributed by atoms with E-state index < -0.39 is 5.97 Å². The van der Waals surface area contributed by atoms with Crippen molar-refractivity contribution < 1.29 is 14.7 Å². The second-order valence-electron chi connectivity index (χ2n) is 4.06. The van der Waals surface area contributed by atoms with Crippen LogP contribution in [0.1, 0.15) is 45.5 Å². The van der Waals surface area contributed by atoms with Gasteiger partial charge in [-0.2, -0.15) is 0 Å². The van der Waals surface area contributed by atoms with Gasteiger partial charge in [-0.05, 0) is 28.9 Å². The lowest BCUT2D eigenvalue weighted by Gasteiger charge is -2.05. The SMILES string of the molecule is CC(C)c1nnsc1C(=O)Nc1sccc1C(=O)O. The zero-order chi connectivity index (χ0) is 14.0. The van der Waals surface area contributed by atoms with E-state index in [1.807, 2.05) is 13.8 Å². The molecule has 8 heteroatoms. The molecule has 0 saturated heterocycles. The monoisotopic (exact) mass is 297 g/mol. The van der Waals surface area contributed by atoms with Crippen molar-refractivity contribution in [2.45, 2.75) is 19.8 Å². The summed E-state index contributed by atoms with van der Waals surface area (Å²) in [6, 6.07) is 1.46. The summed E-state index contributed by atoms with van der Waals surface area (Å²) in [7, 11) is 0. The van der Waals surface area contributed by atoms with Gasteiger partial charge in [-0.25, -0.2) is 4.79 Å². The first kappa shape index (κ1) is 13.6. The number of thiophene rings is 1. The van der Waals surface area contributed by atoms with E-state index in [4.69, 9.17) is 5.11 Å². The van der Waals surface area contributed by atoms with Crippen LogP contribution in [0.25, 0.3) is 0 Å². The van der Waals surface area contributed by atoms with Crippen LogP contribution in [0.2, 0.25) is 0 Å². The van der Waals surface area contributed by atoms with Gasteiger partial charge in [0.15, 0.2) is 0 Å². The molecule has 2 aromatic heterocycles. The number of aromatic nitrogens is 2. The van der Waals surface area contributed by atoms with E-state index in [1.54, 1.807) is 5.38 Å². The fraction of sp³-hybridized carbons (Fsp3) is 0.273. The molecule has 0 aliphatic rings. The van der Waals surface area contributed by atoms with Crippen LogP contribution in [-0.2, 0) is 0 Å². The third kappa shape index (κ3) is 2.79. The number of nitrogens with one attached hydrogen (secondary N) is 1. The van der Waals surface area contributed by atoms with E-state index in [-0.39, 0.29) is 17.4 Å². The molecule has 2 N–H and O–H groups in total. The fourth-order valence-corrected chi connectivity index (χ4v) is 2.96. The van der Waals surface area contributed by atoms with Crippen LogP contribution in [0.5, 0.6) is 0 Å². The molecule has 0 aromatic carbocycles. The van der Waals surface area contributed by atoms with E-state index in [1.165, 1.54) is 17.4 Å². The second kappa shape index (κ2) is 5.45. The van der Waals surface area contributed by atoms with Crippen LogP contribution in [0.15, 0.2) is 11.4 Å². The first-order valence-corrected chi connectivity index (χ1v) is 7.10. The molecule has 0 spiro atoms. The lowest BCUT2D eigenvalue weighted by Crippen LogP contribution is -2.14. The van der Waals surface area contributed by atoms with Gasteiger partial charge in [-0.3, -0.25) is 4.79 Å². The predicted molar refractivity (Wildman–Crippen MR) is 73.2 cm³/mol. The Morgan fingerprint density at radius 2 is 2.16 bits per heavy atom. The normalized spacial score (nSPS) is 10.7. The third-order valence-electron chi connectivity index (χ3n) is 2.39. The molecule has 0 saturated carbocycles. The number of aromatic carboxylic acids is 1. The number of carbonyl (C=O) groups is 2. The summed E-state index contributed by atoms with van der Waals surface area (Å²) in [5.41, 5.74) is 0.706. The van der Waals surface area contributed by atoms with Gasteiger partial charge in [0.2, 0.25) is 0 Å². The van der Waals surface area contributed by atoms with Crippen molar-refractivity contribution in [3.05, 3.63) is 27.6 Å². The standard InChI is InChI=1S/C11H11N3O3S2/c1-5(2)7-8(19-14-13-7)9(15)12-10-6(11(16)17)3-4-18-10/h3-5H,1-2H3,(H,12,15)(H,16,17). The summed E-state index contributed by atoms with van der Waals surface area (Å²) >= 11 is 2.17. The first-order chi connectivity index (χ1) is 9.00. The van der Waals surface area contributed by atoms with Crippen LogP contribution < -0.4 is 5.32 Å². The Balaban J connectivity index is 2.24. The number of amides is 1. The molecule has 0 radical (unpaired) electrons. The molecule has 0 bridgehead atoms. The van der Waals surface area contributed by atoms with Gasteiger partial charge in [0.05, 0.1) is 11.3 Å². The maximum absolute atomic E-state index is 12.1. The Bertz CT molecular complexity index is 618. The minimum atomic E-state index is -1.07. The number of carboxylic acids is 1. The van der Waals surface area contributed by atoms with Gasteiger partial charge >= 0.3 is 5.97 Å². The van der Waals surface area contributed by atoms with Crippen LogP contribution in [0.4, 0.5) is 5.00 Å². The van der Waals surface area contributed by atoms with Gasteiger partial charge < -0.3 is 10.4 Å². The zero-order valence-corrected chi connectivity index (χ0v) is 11.8. The molecule has 0 fully saturated rings. The van der Waals surface area contributed by atoms with Crippen molar-refractivity contribution in [1.82, 2.24) is 9.59 Å². The Morgan fingerprint density at radius 1 is 1.42 bits per heavy atom. The van der Waals surface area contributed by atoms with E-state index >= 15 is 0 Å². The lowest BCUT2D eigenvalue weighted by atomic mass is 10.1. The van der Waals surface area contributed by atoms with Gasteiger partial charge in [0.25, 0.3) is 5.91 Å². The van der Waals surface area contributed by atoms with Crippen LogP contribution in [0.3, 0.4) is 0 Å². The topological polar surface area (TPSA) is 92.2 Å². The molecule has 0 aliphatic heterocycles. The minimum absolute atomic E-state index is 0.0850. The number of rotatable bonds is 4. The van der Waals surface area contributed by atoms with Gasteiger partial charge in [0, 0.05) is 0 Å². The number of carboxylic acid groups (broad SMARTS) is 1. The molecule has 0 unspecified atom stereocenters. The van der Waals surface area contributed by atoms with E-state index in [0.717, 1.165) is 11.5 Å². The summed E-state index contributed by atoms with van der Waals surface area (Å²) in [5.74, 6) is -1.35. The highest BCUT2D eigenvalue weighted by molar-refractivity contribution is 7.15. The second-order valence-corrected chi connectivity index (χ2v) is 5.73. The zero-order valence-electron chi connectivity index (χ0n) is 10.2.